The molecule has 4 unspecified atom stereocenters. The predicted molar refractivity (Wildman–Crippen MR) is 110 cm³/mol. The molecule has 0 heterocycles. The van der Waals surface area contributed by atoms with Gasteiger partial charge in [-0.1, -0.05) is 23.2 Å². The summed E-state index contributed by atoms with van der Waals surface area (Å²) >= 11 is 23.4. The first-order chi connectivity index (χ1) is 15.1. The molecule has 0 amide bonds. The molecule has 2 aliphatic rings. The average molecular weight is 544 g/mol. The molecule has 2 aliphatic carbocycles. The maximum Gasteiger partial charge on any atom is 0.336 e. The van der Waals surface area contributed by atoms with Crippen molar-refractivity contribution in [1.29, 1.82) is 0 Å². The second-order valence-corrected chi connectivity index (χ2v) is 8.66. The highest BCUT2D eigenvalue weighted by molar-refractivity contribution is 6.41. The van der Waals surface area contributed by atoms with Crippen LogP contribution in [0.4, 0.5) is 0 Å². The van der Waals surface area contributed by atoms with E-state index in [4.69, 9.17) is 56.6 Å². The molecular weight excluding hydrogens is 534 g/mol. The quantitative estimate of drug-likeness (QED) is 0.216. The van der Waals surface area contributed by atoms with E-state index >= 15 is 0 Å². The Kier molecular flexibility index (Phi) is 7.34. The monoisotopic (exact) mass is 542 g/mol. The van der Waals surface area contributed by atoms with Gasteiger partial charge in [0.1, 0.15) is 11.8 Å². The number of rotatable bonds is 6. The van der Waals surface area contributed by atoms with Crippen molar-refractivity contribution in [3.63, 3.8) is 0 Å². The average Bonchev–Trinajstić information content (AvgIpc) is 2.69. The Bertz CT molecular complexity index is 1030. The summed E-state index contributed by atoms with van der Waals surface area (Å²) in [6.45, 7) is 0. The number of carbonyl (C=O) groups is 6. The smallest absolute Gasteiger partial charge is 0.336 e. The highest BCUT2D eigenvalue weighted by Crippen LogP contribution is 2.41. The summed E-state index contributed by atoms with van der Waals surface area (Å²) in [5.74, 6) is -14.4. The van der Waals surface area contributed by atoms with Gasteiger partial charge in [-0.2, -0.15) is 0 Å². The van der Waals surface area contributed by atoms with E-state index in [1.165, 1.54) is 0 Å². The molecule has 15 heteroatoms. The second kappa shape index (κ2) is 9.18. The van der Waals surface area contributed by atoms with E-state index in [2.05, 4.69) is 4.74 Å². The molecule has 2 rings (SSSR count). The standard InChI is InChI=1S/C18H10Cl4O11/c19-9-1-7(17(21,15(29)30)3-5(9)11(23)24)13(27)33-14(28)8-2-10(20)6(12(25)26)4-18(8,22)16(31)32/h1-4,7-8H,(H,23,24)(H,25,26)(H,29,30)(H,31,32). The first-order valence-corrected chi connectivity index (χ1v) is 9.85. The van der Waals surface area contributed by atoms with Crippen LogP contribution in [0.3, 0.4) is 0 Å². The minimum Gasteiger partial charge on any atom is -0.480 e. The maximum absolute atomic E-state index is 12.6. The number of alkyl halides is 2. The lowest BCUT2D eigenvalue weighted by Gasteiger charge is -2.31. The lowest BCUT2D eigenvalue weighted by Crippen LogP contribution is -2.48. The third kappa shape index (κ3) is 4.76. The Morgan fingerprint density at radius 1 is 0.697 bits per heavy atom. The number of carbonyl (C=O) groups excluding carboxylic acids is 2. The number of aliphatic carboxylic acids is 4. The largest absolute Gasteiger partial charge is 0.480 e. The molecule has 0 bridgehead atoms. The van der Waals surface area contributed by atoms with Crippen LogP contribution in [-0.2, 0) is 33.5 Å². The first kappa shape index (κ1) is 26.4. The molecule has 0 spiro atoms. The van der Waals surface area contributed by atoms with Crippen molar-refractivity contribution in [3.8, 4) is 0 Å². The second-order valence-electron chi connectivity index (χ2n) is 6.60. The summed E-state index contributed by atoms with van der Waals surface area (Å²) in [5, 5.41) is 35.9. The van der Waals surface area contributed by atoms with Crippen molar-refractivity contribution < 1.29 is 53.9 Å². The normalized spacial score (nSPS) is 29.0. The van der Waals surface area contributed by atoms with E-state index in [0.717, 1.165) is 0 Å². The van der Waals surface area contributed by atoms with Crippen LogP contribution in [0.25, 0.3) is 0 Å². The summed E-state index contributed by atoms with van der Waals surface area (Å²) in [4.78, 5) is 65.5. The number of carboxylic acid groups (broad SMARTS) is 4. The molecule has 11 nitrogen and oxygen atoms in total. The molecule has 4 atom stereocenters. The van der Waals surface area contributed by atoms with Crippen LogP contribution in [0.2, 0.25) is 0 Å². The van der Waals surface area contributed by atoms with Gasteiger partial charge in [-0.05, 0) is 24.3 Å². The zero-order valence-corrected chi connectivity index (χ0v) is 18.6. The van der Waals surface area contributed by atoms with Crippen LogP contribution >= 0.6 is 46.4 Å². The zero-order valence-electron chi connectivity index (χ0n) is 15.6. The Balaban J connectivity index is 2.43. The number of esters is 2. The summed E-state index contributed by atoms with van der Waals surface area (Å²) in [5.41, 5.74) is -1.47. The lowest BCUT2D eigenvalue weighted by molar-refractivity contribution is -0.167. The van der Waals surface area contributed by atoms with Gasteiger partial charge in [0.15, 0.2) is 9.75 Å². The number of ether oxygens (including phenoxy) is 1. The first-order valence-electron chi connectivity index (χ1n) is 8.34. The van der Waals surface area contributed by atoms with Crippen molar-refractivity contribution in [1.82, 2.24) is 0 Å². The minimum atomic E-state index is -2.73. The van der Waals surface area contributed by atoms with Crippen LogP contribution in [0.15, 0.2) is 45.5 Å². The van der Waals surface area contributed by atoms with Crippen LogP contribution in [0, 0.1) is 11.8 Å². The van der Waals surface area contributed by atoms with Gasteiger partial charge in [0.2, 0.25) is 0 Å². The van der Waals surface area contributed by atoms with E-state index in [0.29, 0.717) is 24.3 Å². The summed E-state index contributed by atoms with van der Waals surface area (Å²) < 4.78 is 4.58. The van der Waals surface area contributed by atoms with E-state index in [9.17, 15) is 39.0 Å². The highest BCUT2D eigenvalue weighted by Gasteiger charge is 2.53. The topological polar surface area (TPSA) is 193 Å². The number of halogens is 4. The van der Waals surface area contributed by atoms with Crippen molar-refractivity contribution in [2.75, 3.05) is 0 Å². The van der Waals surface area contributed by atoms with Gasteiger partial charge in [-0.25, -0.2) is 19.2 Å². The van der Waals surface area contributed by atoms with Gasteiger partial charge in [0, 0.05) is 0 Å². The maximum atomic E-state index is 12.6. The van der Waals surface area contributed by atoms with Crippen LogP contribution in [0.5, 0.6) is 0 Å². The fraction of sp³-hybridized carbons (Fsp3) is 0.222. The van der Waals surface area contributed by atoms with E-state index in [1.54, 1.807) is 0 Å². The third-order valence-electron chi connectivity index (χ3n) is 4.58. The van der Waals surface area contributed by atoms with Gasteiger partial charge >= 0.3 is 35.8 Å². The molecular formula is C18H10Cl4O11. The molecule has 33 heavy (non-hydrogen) atoms. The lowest BCUT2D eigenvalue weighted by atomic mass is 9.83. The predicted octanol–water partition coefficient (Wildman–Crippen LogP) is 1.71. The molecule has 4 N–H and O–H groups in total. The molecule has 0 aliphatic heterocycles. The van der Waals surface area contributed by atoms with Crippen molar-refractivity contribution in [3.05, 3.63) is 45.5 Å². The summed E-state index contributed by atoms with van der Waals surface area (Å²) in [6, 6.07) is 0. The molecule has 0 aromatic carbocycles. The van der Waals surface area contributed by atoms with E-state index in [-0.39, 0.29) is 0 Å². The van der Waals surface area contributed by atoms with Crippen molar-refractivity contribution in [2.24, 2.45) is 11.8 Å². The van der Waals surface area contributed by atoms with Gasteiger partial charge < -0.3 is 25.2 Å². The molecule has 0 aromatic rings. The van der Waals surface area contributed by atoms with Crippen LogP contribution in [-0.4, -0.2) is 66.0 Å². The molecule has 0 aromatic heterocycles. The zero-order chi connectivity index (χ0) is 25.5. The molecule has 0 fully saturated rings. The summed E-state index contributed by atoms with van der Waals surface area (Å²) in [6.07, 6.45) is 2.22. The van der Waals surface area contributed by atoms with Crippen LogP contribution in [0.1, 0.15) is 0 Å². The van der Waals surface area contributed by atoms with Crippen molar-refractivity contribution >= 4 is 82.2 Å². The third-order valence-corrected chi connectivity index (χ3v) is 6.25. The molecule has 0 saturated carbocycles. The fourth-order valence-corrected chi connectivity index (χ4v) is 3.92. The van der Waals surface area contributed by atoms with Gasteiger partial charge in [0.25, 0.3) is 0 Å². The SMILES string of the molecule is O=C(O)C1=CC(Cl)(C(=O)O)C(C(=O)OC(=O)C2C=C(Cl)C(C(=O)O)=CC2(Cl)C(=O)O)C=C1Cl. The number of hydrogen-bond donors (Lipinski definition) is 4. The Labute approximate surface area is 203 Å². The van der Waals surface area contributed by atoms with Gasteiger partial charge in [-0.15, -0.1) is 23.2 Å². The number of carboxylic acids is 4. The Morgan fingerprint density at radius 2 is 1.00 bits per heavy atom. The van der Waals surface area contributed by atoms with Crippen LogP contribution < -0.4 is 0 Å². The molecule has 0 saturated heterocycles. The van der Waals surface area contributed by atoms with E-state index < -0.39 is 78.6 Å². The molecule has 0 radical (unpaired) electrons. The van der Waals surface area contributed by atoms with E-state index in [1.807, 2.05) is 0 Å². The minimum absolute atomic E-state index is 0.473. The Morgan fingerprint density at radius 3 is 1.24 bits per heavy atom. The highest BCUT2D eigenvalue weighted by atomic mass is 35.5. The van der Waals surface area contributed by atoms with Gasteiger partial charge in [-0.3, -0.25) is 9.59 Å². The fourth-order valence-electron chi connectivity index (χ4n) is 2.87. The van der Waals surface area contributed by atoms with Gasteiger partial charge in [0.05, 0.1) is 21.2 Å². The summed E-state index contributed by atoms with van der Waals surface area (Å²) in [7, 11) is 0. The van der Waals surface area contributed by atoms with Crippen molar-refractivity contribution in [2.45, 2.75) is 9.75 Å². The molecule has 176 valence electrons. The number of hydrogen-bond acceptors (Lipinski definition) is 7. The Hall–Kier alpha value is -2.86.